The number of benzene rings is 1. The van der Waals surface area contributed by atoms with Crippen molar-refractivity contribution < 1.29 is 14.7 Å². The fourth-order valence-corrected chi connectivity index (χ4v) is 2.52. The normalized spacial score (nSPS) is 22.7. The largest absolute Gasteiger partial charge is 0.481 e. The Morgan fingerprint density at radius 2 is 2.00 bits per heavy atom. The van der Waals surface area contributed by atoms with Gasteiger partial charge in [-0.3, -0.25) is 14.5 Å². The van der Waals surface area contributed by atoms with Crippen molar-refractivity contribution in [2.45, 2.75) is 26.8 Å². The summed E-state index contributed by atoms with van der Waals surface area (Å²) in [4.78, 5) is 24.3. The van der Waals surface area contributed by atoms with Crippen LogP contribution in [0.3, 0.4) is 0 Å². The molecule has 108 valence electrons. The first-order chi connectivity index (χ1) is 9.39. The van der Waals surface area contributed by atoms with E-state index in [0.29, 0.717) is 13.0 Å². The summed E-state index contributed by atoms with van der Waals surface area (Å²) in [5, 5.41) is 11.9. The molecule has 1 atom stereocenters. The number of likely N-dealkylation sites (tertiary alicyclic amines) is 1. The third kappa shape index (κ3) is 3.36. The summed E-state index contributed by atoms with van der Waals surface area (Å²) in [6.45, 7) is 5.40. The Bertz CT molecular complexity index is 512. The smallest absolute Gasteiger partial charge is 0.310 e. The lowest BCUT2D eigenvalue weighted by Crippen LogP contribution is -2.31. The zero-order valence-corrected chi connectivity index (χ0v) is 11.8. The third-order valence-corrected chi connectivity index (χ3v) is 3.75. The SMILES string of the molecule is CC(=O)Nc1ccc(CN2CCC(C)(C(=O)O)C2)cc1. The van der Waals surface area contributed by atoms with Crippen molar-refractivity contribution in [3.63, 3.8) is 0 Å². The summed E-state index contributed by atoms with van der Waals surface area (Å²) in [5.74, 6) is -0.810. The van der Waals surface area contributed by atoms with Gasteiger partial charge >= 0.3 is 5.97 Å². The van der Waals surface area contributed by atoms with Gasteiger partial charge in [-0.05, 0) is 37.6 Å². The second kappa shape index (κ2) is 5.63. The van der Waals surface area contributed by atoms with Crippen LogP contribution in [0.4, 0.5) is 5.69 Å². The molecule has 0 saturated carbocycles. The van der Waals surface area contributed by atoms with Crippen molar-refractivity contribution in [3.05, 3.63) is 29.8 Å². The van der Waals surface area contributed by atoms with E-state index in [4.69, 9.17) is 0 Å². The predicted molar refractivity (Wildman–Crippen MR) is 76.4 cm³/mol. The molecule has 0 aliphatic carbocycles. The van der Waals surface area contributed by atoms with Gasteiger partial charge in [0.2, 0.25) is 5.91 Å². The Kier molecular flexibility index (Phi) is 4.09. The number of carboxylic acids is 1. The number of carboxylic acid groups (broad SMARTS) is 1. The topological polar surface area (TPSA) is 69.6 Å². The molecule has 5 nitrogen and oxygen atoms in total. The van der Waals surface area contributed by atoms with Crippen LogP contribution >= 0.6 is 0 Å². The minimum atomic E-state index is -0.721. The van der Waals surface area contributed by atoms with Crippen LogP contribution in [0.1, 0.15) is 25.8 Å². The fourth-order valence-electron chi connectivity index (χ4n) is 2.52. The van der Waals surface area contributed by atoms with Crippen molar-refractivity contribution in [1.82, 2.24) is 4.90 Å². The molecule has 0 aromatic heterocycles. The van der Waals surface area contributed by atoms with E-state index in [2.05, 4.69) is 10.2 Å². The number of hydrogen-bond acceptors (Lipinski definition) is 3. The maximum atomic E-state index is 11.2. The quantitative estimate of drug-likeness (QED) is 0.881. The van der Waals surface area contributed by atoms with E-state index in [1.54, 1.807) is 6.92 Å². The van der Waals surface area contributed by atoms with Gasteiger partial charge in [0.05, 0.1) is 5.41 Å². The van der Waals surface area contributed by atoms with Crippen molar-refractivity contribution in [2.75, 3.05) is 18.4 Å². The Morgan fingerprint density at radius 1 is 1.35 bits per heavy atom. The highest BCUT2D eigenvalue weighted by atomic mass is 16.4. The number of nitrogens with one attached hydrogen (secondary N) is 1. The molecule has 0 bridgehead atoms. The molecule has 1 amide bonds. The van der Waals surface area contributed by atoms with E-state index >= 15 is 0 Å². The predicted octanol–water partition coefficient (Wildman–Crippen LogP) is 1.94. The van der Waals surface area contributed by atoms with Gasteiger partial charge in [0.15, 0.2) is 0 Å². The van der Waals surface area contributed by atoms with Crippen LogP contribution in [-0.4, -0.2) is 35.0 Å². The highest BCUT2D eigenvalue weighted by Crippen LogP contribution is 2.31. The van der Waals surface area contributed by atoms with Gasteiger partial charge < -0.3 is 10.4 Å². The van der Waals surface area contributed by atoms with Crippen molar-refractivity contribution in [2.24, 2.45) is 5.41 Å². The molecule has 2 rings (SSSR count). The van der Waals surface area contributed by atoms with E-state index in [9.17, 15) is 14.7 Å². The van der Waals surface area contributed by atoms with Crippen LogP contribution in [0, 0.1) is 5.41 Å². The number of anilines is 1. The zero-order chi connectivity index (χ0) is 14.8. The number of carbonyl (C=O) groups excluding carboxylic acids is 1. The number of nitrogens with zero attached hydrogens (tertiary/aromatic N) is 1. The lowest BCUT2D eigenvalue weighted by molar-refractivity contribution is -0.147. The highest BCUT2D eigenvalue weighted by molar-refractivity contribution is 5.88. The molecular weight excluding hydrogens is 256 g/mol. The monoisotopic (exact) mass is 276 g/mol. The third-order valence-electron chi connectivity index (χ3n) is 3.75. The van der Waals surface area contributed by atoms with E-state index in [-0.39, 0.29) is 5.91 Å². The standard InChI is InChI=1S/C15H20N2O3/c1-11(18)16-13-5-3-12(4-6-13)9-17-8-7-15(2,10-17)14(19)20/h3-6H,7-10H2,1-2H3,(H,16,18)(H,19,20). The van der Waals surface area contributed by atoms with Crippen LogP contribution in [-0.2, 0) is 16.1 Å². The van der Waals surface area contributed by atoms with Crippen molar-refractivity contribution >= 4 is 17.6 Å². The van der Waals surface area contributed by atoms with Crippen molar-refractivity contribution in [1.29, 1.82) is 0 Å². The summed E-state index contributed by atoms with van der Waals surface area (Å²) in [5.41, 5.74) is 1.27. The van der Waals surface area contributed by atoms with E-state index in [0.717, 1.165) is 24.3 Å². The Morgan fingerprint density at radius 3 is 2.50 bits per heavy atom. The van der Waals surface area contributed by atoms with E-state index in [1.807, 2.05) is 24.3 Å². The van der Waals surface area contributed by atoms with Gasteiger partial charge in [-0.2, -0.15) is 0 Å². The lowest BCUT2D eigenvalue weighted by Gasteiger charge is -2.20. The maximum Gasteiger partial charge on any atom is 0.310 e. The number of aliphatic carboxylic acids is 1. The first-order valence-corrected chi connectivity index (χ1v) is 6.71. The Labute approximate surface area is 118 Å². The molecule has 1 aliphatic heterocycles. The van der Waals surface area contributed by atoms with E-state index < -0.39 is 11.4 Å². The van der Waals surface area contributed by atoms with Crippen molar-refractivity contribution in [3.8, 4) is 0 Å². The molecule has 1 heterocycles. The fraction of sp³-hybridized carbons (Fsp3) is 0.467. The van der Waals surface area contributed by atoms with Crippen LogP contribution < -0.4 is 5.32 Å². The summed E-state index contributed by atoms with van der Waals surface area (Å²) >= 11 is 0. The first-order valence-electron chi connectivity index (χ1n) is 6.71. The van der Waals surface area contributed by atoms with Crippen LogP contribution in [0.15, 0.2) is 24.3 Å². The Hall–Kier alpha value is -1.88. The summed E-state index contributed by atoms with van der Waals surface area (Å²) in [7, 11) is 0. The number of hydrogen-bond donors (Lipinski definition) is 2. The van der Waals surface area contributed by atoms with Crippen LogP contribution in [0.2, 0.25) is 0 Å². The number of carbonyl (C=O) groups is 2. The molecule has 20 heavy (non-hydrogen) atoms. The highest BCUT2D eigenvalue weighted by Gasteiger charge is 2.40. The van der Waals surface area contributed by atoms with Gasteiger partial charge in [-0.25, -0.2) is 0 Å². The molecule has 1 aliphatic rings. The number of rotatable bonds is 4. The maximum absolute atomic E-state index is 11.2. The summed E-state index contributed by atoms with van der Waals surface area (Å²) < 4.78 is 0. The minimum Gasteiger partial charge on any atom is -0.481 e. The average molecular weight is 276 g/mol. The van der Waals surface area contributed by atoms with Gasteiger partial charge in [0, 0.05) is 25.7 Å². The molecule has 0 spiro atoms. The molecule has 1 saturated heterocycles. The zero-order valence-electron chi connectivity index (χ0n) is 11.8. The summed E-state index contributed by atoms with van der Waals surface area (Å²) in [6.07, 6.45) is 0.687. The van der Waals surface area contributed by atoms with Gasteiger partial charge in [-0.15, -0.1) is 0 Å². The molecule has 2 N–H and O–H groups in total. The van der Waals surface area contributed by atoms with Crippen LogP contribution in [0.5, 0.6) is 0 Å². The van der Waals surface area contributed by atoms with Crippen LogP contribution in [0.25, 0.3) is 0 Å². The molecule has 1 unspecified atom stereocenters. The van der Waals surface area contributed by atoms with E-state index in [1.165, 1.54) is 6.92 Å². The molecule has 1 aromatic carbocycles. The molecule has 5 heteroatoms. The first kappa shape index (κ1) is 14.5. The lowest BCUT2D eigenvalue weighted by atomic mass is 9.90. The van der Waals surface area contributed by atoms with Gasteiger partial charge in [-0.1, -0.05) is 12.1 Å². The average Bonchev–Trinajstić information content (AvgIpc) is 2.74. The van der Waals surface area contributed by atoms with Gasteiger partial charge in [0.1, 0.15) is 0 Å². The molecular formula is C15H20N2O3. The molecule has 1 fully saturated rings. The second-order valence-corrected chi connectivity index (χ2v) is 5.70. The Balaban J connectivity index is 1.95. The molecule has 1 aromatic rings. The second-order valence-electron chi connectivity index (χ2n) is 5.70. The van der Waals surface area contributed by atoms with Gasteiger partial charge in [0.25, 0.3) is 0 Å². The minimum absolute atomic E-state index is 0.0884. The summed E-state index contributed by atoms with van der Waals surface area (Å²) in [6, 6.07) is 7.65. The molecule has 0 radical (unpaired) electrons. The number of amides is 1.